The lowest BCUT2D eigenvalue weighted by molar-refractivity contribution is -0.123. The van der Waals surface area contributed by atoms with Crippen molar-refractivity contribution in [1.29, 1.82) is 0 Å². The first kappa shape index (κ1) is 9.81. The van der Waals surface area contributed by atoms with Crippen LogP contribution >= 0.6 is 35.0 Å². The molecule has 0 aromatic heterocycles. The summed E-state index contributed by atoms with van der Waals surface area (Å²) >= 11 is 14.7. The molecule has 0 aliphatic rings. The van der Waals surface area contributed by atoms with Crippen LogP contribution < -0.4 is 0 Å². The van der Waals surface area contributed by atoms with Gasteiger partial charge in [-0.15, -0.1) is 4.42 Å². The summed E-state index contributed by atoms with van der Waals surface area (Å²) < 4.78 is -0.218. The maximum absolute atomic E-state index is 10.4. The molecule has 0 unspecified atom stereocenters. The van der Waals surface area contributed by atoms with Gasteiger partial charge < -0.3 is 0 Å². The molecule has 0 heterocycles. The van der Waals surface area contributed by atoms with Gasteiger partial charge in [0, 0.05) is 11.8 Å². The molecular weight excluding hydrogens is 204 g/mol. The molecule has 0 aromatic rings. The largest absolute Gasteiger partial charge is 0.474 e. The molecule has 0 aromatic carbocycles. The van der Waals surface area contributed by atoms with Crippen LogP contribution in [0.1, 0.15) is 0 Å². The fraction of sp³-hybridized carbons (Fsp3) is 0.333. The molecule has 0 aliphatic carbocycles. The van der Waals surface area contributed by atoms with Gasteiger partial charge >= 0.3 is 6.09 Å². The molecule has 10 heavy (non-hydrogen) atoms. The summed E-state index contributed by atoms with van der Waals surface area (Å²) in [7, 11) is 0. The zero-order valence-electron chi connectivity index (χ0n) is 4.38. The first-order chi connectivity index (χ1) is 4.46. The molecule has 7 heteroatoms. The van der Waals surface area contributed by atoms with Crippen LogP contribution in [0.4, 0.5) is 4.79 Å². The second-order valence-corrected chi connectivity index (χ2v) is 2.62. The highest BCUT2D eigenvalue weighted by Gasteiger charge is 2.25. The predicted molar refractivity (Wildman–Crippen MR) is 34.3 cm³/mol. The first-order valence-corrected chi connectivity index (χ1v) is 3.16. The van der Waals surface area contributed by atoms with Crippen LogP contribution in [0, 0.1) is 0 Å². The second kappa shape index (κ2) is 3.85. The highest BCUT2D eigenvalue weighted by Crippen LogP contribution is 2.09. The molecule has 0 rings (SSSR count). The summed E-state index contributed by atoms with van der Waals surface area (Å²) in [6.45, 7) is 0. The van der Waals surface area contributed by atoms with Crippen LogP contribution in [-0.2, 0) is 9.90 Å². The Hall–Kier alpha value is -0.190. The third-order valence-electron chi connectivity index (χ3n) is 0.540. The Morgan fingerprint density at radius 2 is 1.70 bits per heavy atom. The van der Waals surface area contributed by atoms with E-state index in [4.69, 9.17) is 35.0 Å². The number of hydrogen-bond acceptors (Lipinski definition) is 2. The summed E-state index contributed by atoms with van der Waals surface area (Å²) in [4.78, 5) is 18.7. The number of carbonyl (C=O) groups is 2. The highest BCUT2D eigenvalue weighted by atomic mass is 35.5. The number of rotatable bonds is 1. The number of nitrogens with zero attached hydrogens (tertiary/aromatic N) is 1. The Kier molecular flexibility index (Phi) is 3.78. The first-order valence-electron chi connectivity index (χ1n) is 1.95. The van der Waals surface area contributed by atoms with E-state index in [1.165, 1.54) is 0 Å². The van der Waals surface area contributed by atoms with E-state index in [-0.39, 0.29) is 4.42 Å². The molecule has 4 nitrogen and oxygen atoms in total. The number of imide groups is 1. The lowest BCUT2D eigenvalue weighted by atomic mass is 10.7. The highest BCUT2D eigenvalue weighted by molar-refractivity contribution is 6.55. The van der Waals surface area contributed by atoms with Crippen molar-refractivity contribution >= 4 is 47.0 Å². The van der Waals surface area contributed by atoms with Crippen LogP contribution in [0.3, 0.4) is 0 Å². The maximum atomic E-state index is 10.4. The van der Waals surface area contributed by atoms with Crippen molar-refractivity contribution in [2.24, 2.45) is 0 Å². The van der Waals surface area contributed by atoms with Crippen LogP contribution in [0.15, 0.2) is 0 Å². The van der Waals surface area contributed by atoms with Gasteiger partial charge in [0.05, 0.1) is 0 Å². The number of halogens is 3. The van der Waals surface area contributed by atoms with Crippen LogP contribution in [0.25, 0.3) is 0 Å². The molecule has 57 valence electrons. The summed E-state index contributed by atoms with van der Waals surface area (Å²) in [5.41, 5.74) is 0. The van der Waals surface area contributed by atoms with E-state index in [1.54, 1.807) is 0 Å². The molecule has 2 amide bonds. The summed E-state index contributed by atoms with van der Waals surface area (Å²) in [5.74, 6) is -1.15. The Balaban J connectivity index is 4.08. The molecule has 0 saturated carbocycles. The van der Waals surface area contributed by atoms with E-state index in [9.17, 15) is 14.7 Å². The fourth-order valence-electron chi connectivity index (χ4n) is 0.176. The predicted octanol–water partition coefficient (Wildman–Crippen LogP) is 1.32. The zero-order chi connectivity index (χ0) is 8.31. The standard InChI is InChI=1S/C3HCl3NO3/c4-1(5)2(8)7(6)3(9)10/h1H. The summed E-state index contributed by atoms with van der Waals surface area (Å²) in [6, 6.07) is 0. The van der Waals surface area contributed by atoms with E-state index < -0.39 is 16.8 Å². The molecule has 0 fully saturated rings. The normalized spacial score (nSPS) is 9.60. The number of alkyl halides is 2. The minimum atomic E-state index is -1.86. The molecule has 0 spiro atoms. The van der Waals surface area contributed by atoms with Gasteiger partial charge in [0.25, 0.3) is 5.91 Å². The minimum absolute atomic E-state index is 0.218. The quantitative estimate of drug-likeness (QED) is 0.479. The van der Waals surface area contributed by atoms with Crippen molar-refractivity contribution < 1.29 is 14.7 Å². The van der Waals surface area contributed by atoms with Crippen molar-refractivity contribution in [1.82, 2.24) is 4.42 Å². The van der Waals surface area contributed by atoms with Gasteiger partial charge in [0.2, 0.25) is 0 Å². The summed E-state index contributed by atoms with van der Waals surface area (Å²) in [5, 5.41) is 9.79. The molecule has 0 atom stereocenters. The zero-order valence-corrected chi connectivity index (χ0v) is 6.65. The molecule has 0 aliphatic heterocycles. The average molecular weight is 205 g/mol. The Bertz CT molecular complexity index is 159. The van der Waals surface area contributed by atoms with Crippen molar-refractivity contribution in [3.05, 3.63) is 0 Å². The van der Waals surface area contributed by atoms with E-state index >= 15 is 0 Å². The third-order valence-corrected chi connectivity index (χ3v) is 1.22. The van der Waals surface area contributed by atoms with Gasteiger partial charge in [0.15, 0.2) is 4.84 Å². The monoisotopic (exact) mass is 204 g/mol. The van der Waals surface area contributed by atoms with Gasteiger partial charge in [-0.25, -0.2) is 9.90 Å². The lowest BCUT2D eigenvalue weighted by Crippen LogP contribution is -2.30. The Labute approximate surface area is 71.4 Å². The van der Waals surface area contributed by atoms with Crippen molar-refractivity contribution in [3.8, 4) is 0 Å². The molecule has 1 radical (unpaired) electrons. The van der Waals surface area contributed by atoms with E-state index in [0.29, 0.717) is 0 Å². The topological polar surface area (TPSA) is 57.3 Å². The fourth-order valence-corrected chi connectivity index (χ4v) is 0.568. The SMILES string of the molecule is [O]C(=O)N(Cl)C(=O)C(Cl)Cl. The van der Waals surface area contributed by atoms with Gasteiger partial charge in [-0.2, -0.15) is 0 Å². The van der Waals surface area contributed by atoms with E-state index in [0.717, 1.165) is 0 Å². The van der Waals surface area contributed by atoms with Crippen LogP contribution in [0.2, 0.25) is 0 Å². The van der Waals surface area contributed by atoms with E-state index in [2.05, 4.69) is 0 Å². The molecule has 0 saturated heterocycles. The third kappa shape index (κ3) is 2.60. The average Bonchev–Trinajstić information content (AvgIpc) is 1.84. The van der Waals surface area contributed by atoms with Gasteiger partial charge in [-0.1, -0.05) is 23.2 Å². The van der Waals surface area contributed by atoms with Gasteiger partial charge in [-0.3, -0.25) is 4.79 Å². The Morgan fingerprint density at radius 3 is 1.80 bits per heavy atom. The molecular formula is C3HCl3NO3. The molecule has 0 bridgehead atoms. The minimum Gasteiger partial charge on any atom is -0.270 e. The van der Waals surface area contributed by atoms with Crippen molar-refractivity contribution in [2.75, 3.05) is 0 Å². The second-order valence-electron chi connectivity index (χ2n) is 1.19. The number of carbonyl (C=O) groups excluding carboxylic acids is 2. The molecule has 0 N–H and O–H groups in total. The lowest BCUT2D eigenvalue weighted by Gasteiger charge is -2.04. The van der Waals surface area contributed by atoms with E-state index in [1.807, 2.05) is 0 Å². The van der Waals surface area contributed by atoms with Gasteiger partial charge in [-0.05, 0) is 0 Å². The van der Waals surface area contributed by atoms with Crippen molar-refractivity contribution in [3.63, 3.8) is 0 Å². The maximum Gasteiger partial charge on any atom is 0.474 e. The summed E-state index contributed by atoms with van der Waals surface area (Å²) in [6.07, 6.45) is -1.86. The van der Waals surface area contributed by atoms with Crippen LogP contribution in [-0.4, -0.2) is 21.3 Å². The number of amides is 2. The van der Waals surface area contributed by atoms with Crippen molar-refractivity contribution in [2.45, 2.75) is 4.84 Å². The smallest absolute Gasteiger partial charge is 0.270 e. The Morgan fingerprint density at radius 1 is 1.30 bits per heavy atom. The number of hydrogen-bond donors (Lipinski definition) is 0. The van der Waals surface area contributed by atoms with Crippen LogP contribution in [0.5, 0.6) is 0 Å². The van der Waals surface area contributed by atoms with Gasteiger partial charge in [0.1, 0.15) is 0 Å².